The Bertz CT molecular complexity index is 1200. The predicted molar refractivity (Wildman–Crippen MR) is 132 cm³/mol. The number of carbonyl (C=O) groups is 2. The lowest BCUT2D eigenvalue weighted by molar-refractivity contribution is -0.150. The van der Waals surface area contributed by atoms with E-state index in [1.807, 2.05) is 31.4 Å². The number of carbonyl (C=O) groups excluding carboxylic acids is 1. The van der Waals surface area contributed by atoms with Crippen LogP contribution in [0.5, 0.6) is 0 Å². The van der Waals surface area contributed by atoms with Crippen molar-refractivity contribution >= 4 is 23.2 Å². The normalized spacial score (nSPS) is 22.7. The van der Waals surface area contributed by atoms with Crippen molar-refractivity contribution < 1.29 is 19.1 Å². The lowest BCUT2D eigenvalue weighted by atomic mass is 9.83. The van der Waals surface area contributed by atoms with E-state index in [1.54, 1.807) is 25.3 Å². The number of rotatable bonds is 6. The van der Waals surface area contributed by atoms with E-state index in [0.29, 0.717) is 28.8 Å². The molecule has 186 valence electrons. The molecule has 8 nitrogen and oxygen atoms in total. The van der Waals surface area contributed by atoms with Crippen LogP contribution in [0.25, 0.3) is 0 Å². The summed E-state index contributed by atoms with van der Waals surface area (Å²) in [5.74, 6) is -1.11. The molecule has 0 spiro atoms. The largest absolute Gasteiger partial charge is 0.479 e. The standard InChI is InChI=1S/C26H32N4O4S/c1-15(2)13-26(24(32)33)14-19(21-29-28-16(3)34-21)20(22-27-11-12-35-22)30(26)23(31)17-7-9-18(10-8-17)25(4,5)6/h7-12,15,19-20H,13-14H2,1-6H3,(H,32,33)/t19-,20+,26-/m0/s1. The fourth-order valence-corrected chi connectivity index (χ4v) is 5.87. The average molecular weight is 497 g/mol. The molecule has 1 aromatic carbocycles. The summed E-state index contributed by atoms with van der Waals surface area (Å²) in [6, 6.07) is 6.80. The van der Waals surface area contributed by atoms with Crippen LogP contribution in [0.15, 0.2) is 40.3 Å². The predicted octanol–water partition coefficient (Wildman–Crippen LogP) is 5.37. The zero-order valence-corrected chi connectivity index (χ0v) is 21.8. The molecule has 1 fully saturated rings. The molecule has 1 aliphatic rings. The molecule has 3 heterocycles. The molecule has 3 atom stereocenters. The number of carboxylic acids is 1. The smallest absolute Gasteiger partial charge is 0.329 e. The van der Waals surface area contributed by atoms with Crippen LogP contribution in [-0.4, -0.2) is 42.6 Å². The molecule has 1 aliphatic heterocycles. The van der Waals surface area contributed by atoms with Gasteiger partial charge in [0.05, 0.1) is 12.0 Å². The van der Waals surface area contributed by atoms with E-state index in [9.17, 15) is 14.7 Å². The van der Waals surface area contributed by atoms with Crippen molar-refractivity contribution in [3.05, 3.63) is 63.8 Å². The summed E-state index contributed by atoms with van der Waals surface area (Å²) >= 11 is 1.39. The summed E-state index contributed by atoms with van der Waals surface area (Å²) in [6.07, 6.45) is 2.12. The lowest BCUT2D eigenvalue weighted by Crippen LogP contribution is -2.54. The molecule has 1 N–H and O–H groups in total. The van der Waals surface area contributed by atoms with E-state index in [-0.39, 0.29) is 23.7 Å². The highest BCUT2D eigenvalue weighted by atomic mass is 32.1. The quantitative estimate of drug-likeness (QED) is 0.488. The maximum absolute atomic E-state index is 14.2. The Balaban J connectivity index is 1.89. The van der Waals surface area contributed by atoms with Crippen molar-refractivity contribution in [1.29, 1.82) is 0 Å². The van der Waals surface area contributed by atoms with Crippen LogP contribution in [0.4, 0.5) is 0 Å². The Hall–Kier alpha value is -3.07. The van der Waals surface area contributed by atoms with E-state index in [0.717, 1.165) is 5.56 Å². The number of likely N-dealkylation sites (tertiary alicyclic amines) is 1. The van der Waals surface area contributed by atoms with Crippen LogP contribution >= 0.6 is 11.3 Å². The van der Waals surface area contributed by atoms with Crippen LogP contribution in [0.2, 0.25) is 0 Å². The number of benzene rings is 1. The molecule has 0 bridgehead atoms. The fraction of sp³-hybridized carbons (Fsp3) is 0.500. The third-order valence-electron chi connectivity index (χ3n) is 6.60. The SMILES string of the molecule is Cc1nnc([C@H]2C[C@@](CC(C)C)(C(=O)O)N(C(=O)c3ccc(C(C)(C)C)cc3)[C@H]2c2nccs2)o1. The van der Waals surface area contributed by atoms with Gasteiger partial charge in [0.2, 0.25) is 11.8 Å². The van der Waals surface area contributed by atoms with E-state index in [1.165, 1.54) is 16.2 Å². The van der Waals surface area contributed by atoms with Gasteiger partial charge in [-0.1, -0.05) is 46.8 Å². The maximum Gasteiger partial charge on any atom is 0.329 e. The minimum Gasteiger partial charge on any atom is -0.479 e. The Labute approximate surface area is 209 Å². The van der Waals surface area contributed by atoms with Crippen LogP contribution in [0.1, 0.15) is 92.1 Å². The van der Waals surface area contributed by atoms with Crippen molar-refractivity contribution in [2.45, 2.75) is 77.3 Å². The van der Waals surface area contributed by atoms with E-state index in [4.69, 9.17) is 4.42 Å². The van der Waals surface area contributed by atoms with Crippen molar-refractivity contribution in [2.24, 2.45) is 5.92 Å². The Morgan fingerprint density at radius 2 is 1.91 bits per heavy atom. The third-order valence-corrected chi connectivity index (χ3v) is 7.45. The zero-order chi connectivity index (χ0) is 25.5. The summed E-state index contributed by atoms with van der Waals surface area (Å²) < 4.78 is 5.78. The van der Waals surface area contributed by atoms with Crippen LogP contribution in [-0.2, 0) is 10.2 Å². The lowest BCUT2D eigenvalue weighted by Gasteiger charge is -2.38. The molecule has 1 amide bonds. The molecule has 1 saturated heterocycles. The zero-order valence-electron chi connectivity index (χ0n) is 21.0. The molecular weight excluding hydrogens is 464 g/mol. The van der Waals surface area contributed by atoms with Crippen molar-refractivity contribution in [2.75, 3.05) is 0 Å². The summed E-state index contributed by atoms with van der Waals surface area (Å²) in [7, 11) is 0. The van der Waals surface area contributed by atoms with Gasteiger partial charge in [0, 0.05) is 24.1 Å². The van der Waals surface area contributed by atoms with Crippen LogP contribution in [0, 0.1) is 12.8 Å². The van der Waals surface area contributed by atoms with E-state index in [2.05, 4.69) is 36.0 Å². The summed E-state index contributed by atoms with van der Waals surface area (Å²) in [5, 5.41) is 21.3. The van der Waals surface area contributed by atoms with E-state index >= 15 is 0 Å². The average Bonchev–Trinajstić information content (AvgIpc) is 3.51. The van der Waals surface area contributed by atoms with E-state index < -0.39 is 23.5 Å². The molecule has 0 unspecified atom stereocenters. The minimum atomic E-state index is -1.45. The molecule has 2 aromatic heterocycles. The Morgan fingerprint density at radius 3 is 2.40 bits per heavy atom. The minimum absolute atomic E-state index is 0.0322. The molecule has 35 heavy (non-hydrogen) atoms. The first-order chi connectivity index (χ1) is 16.4. The second-order valence-corrected chi connectivity index (χ2v) is 11.6. The molecule has 3 aromatic rings. The molecule has 9 heteroatoms. The maximum atomic E-state index is 14.2. The van der Waals surface area contributed by atoms with Crippen molar-refractivity contribution in [1.82, 2.24) is 20.1 Å². The number of nitrogens with zero attached hydrogens (tertiary/aromatic N) is 4. The number of amides is 1. The van der Waals surface area contributed by atoms with Crippen LogP contribution < -0.4 is 0 Å². The van der Waals surface area contributed by atoms with Gasteiger partial charge in [0.1, 0.15) is 10.5 Å². The number of carboxylic acid groups (broad SMARTS) is 1. The topological polar surface area (TPSA) is 109 Å². The van der Waals surface area contributed by atoms with Gasteiger partial charge in [-0.05, 0) is 41.9 Å². The van der Waals surface area contributed by atoms with Crippen molar-refractivity contribution in [3.63, 3.8) is 0 Å². The van der Waals surface area contributed by atoms with Gasteiger partial charge in [-0.25, -0.2) is 9.78 Å². The van der Waals surface area contributed by atoms with Gasteiger partial charge in [0.15, 0.2) is 0 Å². The number of aliphatic carboxylic acids is 1. The van der Waals surface area contributed by atoms with Gasteiger partial charge in [0.25, 0.3) is 5.91 Å². The number of hydrogen-bond acceptors (Lipinski definition) is 7. The van der Waals surface area contributed by atoms with Gasteiger partial charge in [-0.3, -0.25) is 4.79 Å². The first kappa shape index (κ1) is 25.0. The highest BCUT2D eigenvalue weighted by molar-refractivity contribution is 7.09. The first-order valence-electron chi connectivity index (χ1n) is 11.8. The number of thiazole rings is 1. The van der Waals surface area contributed by atoms with Crippen molar-refractivity contribution in [3.8, 4) is 0 Å². The number of aryl methyl sites for hydroxylation is 1. The van der Waals surface area contributed by atoms with Gasteiger partial charge >= 0.3 is 5.97 Å². The molecular formula is C26H32N4O4S. The van der Waals surface area contributed by atoms with Gasteiger partial charge < -0.3 is 14.4 Å². The first-order valence-corrected chi connectivity index (χ1v) is 12.7. The fourth-order valence-electron chi connectivity index (χ4n) is 5.07. The molecule has 0 aliphatic carbocycles. The molecule has 0 saturated carbocycles. The molecule has 0 radical (unpaired) electrons. The number of aromatic nitrogens is 3. The second-order valence-electron chi connectivity index (χ2n) is 10.7. The highest BCUT2D eigenvalue weighted by Crippen LogP contribution is 2.54. The summed E-state index contributed by atoms with van der Waals surface area (Å²) in [4.78, 5) is 33.2. The second kappa shape index (κ2) is 9.18. The molecule has 4 rings (SSSR count). The van der Waals surface area contributed by atoms with Gasteiger partial charge in [-0.15, -0.1) is 21.5 Å². The highest BCUT2D eigenvalue weighted by Gasteiger charge is 2.61. The van der Waals surface area contributed by atoms with Gasteiger partial charge in [-0.2, -0.15) is 0 Å². The monoisotopic (exact) mass is 496 g/mol. The number of hydrogen-bond donors (Lipinski definition) is 1. The van der Waals surface area contributed by atoms with Crippen LogP contribution in [0.3, 0.4) is 0 Å². The summed E-state index contributed by atoms with van der Waals surface area (Å²) in [5.41, 5.74) is 0.0217. The Kier molecular flexibility index (Phi) is 6.57. The summed E-state index contributed by atoms with van der Waals surface area (Å²) in [6.45, 7) is 12.0. The Morgan fingerprint density at radius 1 is 1.23 bits per heavy atom. The third kappa shape index (κ3) is 4.61.